The Kier molecular flexibility index (Phi) is 7.15. The van der Waals surface area contributed by atoms with Gasteiger partial charge in [-0.1, -0.05) is 35.9 Å². The zero-order chi connectivity index (χ0) is 21.7. The minimum Gasteiger partial charge on any atom is -0.491 e. The van der Waals surface area contributed by atoms with Crippen LogP contribution in [-0.4, -0.2) is 56.8 Å². The molecule has 1 amide bonds. The Balaban J connectivity index is 1.49. The molecule has 0 atom stereocenters. The van der Waals surface area contributed by atoms with Crippen LogP contribution < -0.4 is 4.74 Å². The average Bonchev–Trinajstić information content (AvgIpc) is 2.75. The standard InChI is InChI=1S/C23H30N2O4S/c1-18-8-10-21(11-9-18)30(27,28)25-14-12-20(13-15-25)23(26)24(3)16-17-29-22-7-5-4-6-19(22)2/h4-11,20H,12-17H2,1-3H3. The van der Waals surface area contributed by atoms with Crippen LogP contribution >= 0.6 is 0 Å². The van der Waals surface area contributed by atoms with E-state index in [4.69, 9.17) is 4.74 Å². The highest BCUT2D eigenvalue weighted by Crippen LogP contribution is 2.25. The molecule has 3 rings (SSSR count). The Morgan fingerprint density at radius 2 is 1.70 bits per heavy atom. The number of hydrogen-bond donors (Lipinski definition) is 0. The van der Waals surface area contributed by atoms with Crippen LogP contribution in [0.4, 0.5) is 0 Å². The summed E-state index contributed by atoms with van der Waals surface area (Å²) in [5, 5.41) is 0. The van der Waals surface area contributed by atoms with Gasteiger partial charge in [0.1, 0.15) is 12.4 Å². The fourth-order valence-electron chi connectivity index (χ4n) is 3.64. The Labute approximate surface area is 179 Å². The van der Waals surface area contributed by atoms with Crippen molar-refractivity contribution in [1.82, 2.24) is 9.21 Å². The van der Waals surface area contributed by atoms with Crippen molar-refractivity contribution >= 4 is 15.9 Å². The number of likely N-dealkylation sites (N-methyl/N-ethyl adjacent to an activating group) is 1. The van der Waals surface area contributed by atoms with Gasteiger partial charge < -0.3 is 9.64 Å². The van der Waals surface area contributed by atoms with Gasteiger partial charge in [0, 0.05) is 26.1 Å². The Hall–Kier alpha value is -2.38. The van der Waals surface area contributed by atoms with Crippen molar-refractivity contribution in [1.29, 1.82) is 0 Å². The molecule has 0 spiro atoms. The number of piperidine rings is 1. The van der Waals surface area contributed by atoms with Crippen molar-refractivity contribution < 1.29 is 17.9 Å². The number of nitrogens with zero attached hydrogens (tertiary/aromatic N) is 2. The van der Waals surface area contributed by atoms with Crippen LogP contribution in [0.2, 0.25) is 0 Å². The maximum Gasteiger partial charge on any atom is 0.243 e. The summed E-state index contributed by atoms with van der Waals surface area (Å²) in [7, 11) is -1.73. The van der Waals surface area contributed by atoms with E-state index < -0.39 is 10.0 Å². The predicted octanol–water partition coefficient (Wildman–Crippen LogP) is 3.24. The number of ether oxygens (including phenoxy) is 1. The predicted molar refractivity (Wildman–Crippen MR) is 117 cm³/mol. The molecule has 1 saturated heterocycles. The number of amides is 1. The molecule has 2 aromatic rings. The molecule has 162 valence electrons. The molecular formula is C23H30N2O4S. The monoisotopic (exact) mass is 430 g/mol. The summed E-state index contributed by atoms with van der Waals surface area (Å²) >= 11 is 0. The highest BCUT2D eigenvalue weighted by molar-refractivity contribution is 7.89. The summed E-state index contributed by atoms with van der Waals surface area (Å²) in [5.74, 6) is 0.724. The molecule has 7 heteroatoms. The van der Waals surface area contributed by atoms with Gasteiger partial charge in [-0.2, -0.15) is 4.31 Å². The minimum absolute atomic E-state index is 0.0516. The molecule has 0 radical (unpaired) electrons. The fraction of sp³-hybridized carbons (Fsp3) is 0.435. The Morgan fingerprint density at radius 3 is 2.33 bits per heavy atom. The van der Waals surface area contributed by atoms with E-state index in [1.165, 1.54) is 4.31 Å². The van der Waals surface area contributed by atoms with Crippen molar-refractivity contribution in [3.05, 3.63) is 59.7 Å². The first-order chi connectivity index (χ1) is 14.3. The second kappa shape index (κ2) is 9.62. The van der Waals surface area contributed by atoms with Gasteiger partial charge in [0.15, 0.2) is 0 Å². The minimum atomic E-state index is -3.51. The average molecular weight is 431 g/mol. The highest BCUT2D eigenvalue weighted by atomic mass is 32.2. The van der Waals surface area contributed by atoms with Crippen molar-refractivity contribution in [2.45, 2.75) is 31.6 Å². The van der Waals surface area contributed by atoms with E-state index in [1.54, 1.807) is 36.2 Å². The van der Waals surface area contributed by atoms with Gasteiger partial charge in [-0.3, -0.25) is 4.79 Å². The van der Waals surface area contributed by atoms with E-state index >= 15 is 0 Å². The zero-order valence-corrected chi connectivity index (χ0v) is 18.7. The summed E-state index contributed by atoms with van der Waals surface area (Å²) in [6.45, 7) is 5.56. The van der Waals surface area contributed by atoms with Crippen molar-refractivity contribution in [2.24, 2.45) is 5.92 Å². The number of rotatable bonds is 7. The topological polar surface area (TPSA) is 66.9 Å². The molecule has 6 nitrogen and oxygen atoms in total. The third-order valence-electron chi connectivity index (χ3n) is 5.62. The molecule has 0 aliphatic carbocycles. The number of sulfonamides is 1. The molecule has 1 aliphatic heterocycles. The van der Waals surface area contributed by atoms with Gasteiger partial charge in [0.2, 0.25) is 15.9 Å². The zero-order valence-electron chi connectivity index (χ0n) is 17.9. The second-order valence-corrected chi connectivity index (χ2v) is 9.80. The highest BCUT2D eigenvalue weighted by Gasteiger charge is 2.33. The van der Waals surface area contributed by atoms with Gasteiger partial charge in [-0.15, -0.1) is 0 Å². The lowest BCUT2D eigenvalue weighted by Crippen LogP contribution is -2.44. The summed E-state index contributed by atoms with van der Waals surface area (Å²) in [6.07, 6.45) is 1.07. The summed E-state index contributed by atoms with van der Waals surface area (Å²) in [6, 6.07) is 14.7. The molecule has 0 bridgehead atoms. The van der Waals surface area contributed by atoms with Crippen LogP contribution in [0.25, 0.3) is 0 Å². The number of aryl methyl sites for hydroxylation is 2. The largest absolute Gasteiger partial charge is 0.491 e. The molecule has 1 fully saturated rings. The van der Waals surface area contributed by atoms with Crippen LogP contribution in [-0.2, 0) is 14.8 Å². The second-order valence-electron chi connectivity index (χ2n) is 7.87. The lowest BCUT2D eigenvalue weighted by molar-refractivity contribution is -0.135. The van der Waals surface area contributed by atoms with E-state index in [2.05, 4.69) is 0 Å². The van der Waals surface area contributed by atoms with Crippen LogP contribution in [0.1, 0.15) is 24.0 Å². The van der Waals surface area contributed by atoms with E-state index in [0.717, 1.165) is 16.9 Å². The first-order valence-corrected chi connectivity index (χ1v) is 11.7. The molecule has 30 heavy (non-hydrogen) atoms. The summed E-state index contributed by atoms with van der Waals surface area (Å²) in [4.78, 5) is 14.8. The smallest absolute Gasteiger partial charge is 0.243 e. The van der Waals surface area contributed by atoms with E-state index in [-0.39, 0.29) is 11.8 Å². The number of carbonyl (C=O) groups is 1. The van der Waals surface area contributed by atoms with E-state index in [1.807, 2.05) is 38.1 Å². The lowest BCUT2D eigenvalue weighted by Gasteiger charge is -2.32. The number of hydrogen-bond acceptors (Lipinski definition) is 4. The molecule has 1 aliphatic rings. The Morgan fingerprint density at radius 1 is 1.07 bits per heavy atom. The van der Waals surface area contributed by atoms with Gasteiger partial charge in [-0.25, -0.2) is 8.42 Å². The molecule has 0 unspecified atom stereocenters. The first kappa shape index (κ1) is 22.3. The van der Waals surface area contributed by atoms with E-state index in [0.29, 0.717) is 44.0 Å². The van der Waals surface area contributed by atoms with Crippen LogP contribution in [0, 0.1) is 19.8 Å². The van der Waals surface area contributed by atoms with Gasteiger partial charge in [0.05, 0.1) is 11.4 Å². The van der Waals surface area contributed by atoms with Gasteiger partial charge in [-0.05, 0) is 50.5 Å². The van der Waals surface area contributed by atoms with Crippen molar-refractivity contribution in [3.63, 3.8) is 0 Å². The summed E-state index contributed by atoms with van der Waals surface area (Å²) < 4.78 is 32.9. The normalized spacial score (nSPS) is 15.7. The van der Waals surface area contributed by atoms with Crippen LogP contribution in [0.3, 0.4) is 0 Å². The molecule has 1 heterocycles. The van der Waals surface area contributed by atoms with E-state index in [9.17, 15) is 13.2 Å². The quantitative estimate of drug-likeness (QED) is 0.676. The fourth-order valence-corrected chi connectivity index (χ4v) is 5.10. The molecule has 0 aromatic heterocycles. The summed E-state index contributed by atoms with van der Waals surface area (Å²) in [5.41, 5.74) is 2.08. The van der Waals surface area contributed by atoms with Crippen LogP contribution in [0.5, 0.6) is 5.75 Å². The van der Waals surface area contributed by atoms with Crippen molar-refractivity contribution in [2.75, 3.05) is 33.3 Å². The lowest BCUT2D eigenvalue weighted by atomic mass is 9.97. The molecular weight excluding hydrogens is 400 g/mol. The third kappa shape index (κ3) is 5.21. The molecule has 2 aromatic carbocycles. The van der Waals surface area contributed by atoms with Gasteiger partial charge in [0.25, 0.3) is 0 Å². The molecule has 0 saturated carbocycles. The van der Waals surface area contributed by atoms with Gasteiger partial charge >= 0.3 is 0 Å². The number of carbonyl (C=O) groups excluding carboxylic acids is 1. The first-order valence-electron chi connectivity index (χ1n) is 10.3. The number of para-hydroxylation sites is 1. The van der Waals surface area contributed by atoms with Crippen molar-refractivity contribution in [3.8, 4) is 5.75 Å². The Bertz CT molecular complexity index is 965. The van der Waals surface area contributed by atoms with Crippen LogP contribution in [0.15, 0.2) is 53.4 Å². The number of benzene rings is 2. The molecule has 0 N–H and O–H groups in total. The maximum absolute atomic E-state index is 12.8. The maximum atomic E-state index is 12.8. The SMILES string of the molecule is Cc1ccc(S(=O)(=O)N2CCC(C(=O)N(C)CCOc3ccccc3C)CC2)cc1. The third-order valence-corrected chi connectivity index (χ3v) is 7.53.